The van der Waals surface area contributed by atoms with Crippen molar-refractivity contribution in [3.8, 4) is 0 Å². The molecule has 4 heterocycles. The van der Waals surface area contributed by atoms with E-state index in [4.69, 9.17) is 14.7 Å². The fraction of sp³-hybridized carbons (Fsp3) is 0.431. The van der Waals surface area contributed by atoms with Gasteiger partial charge in [-0.05, 0) is 157 Å². The number of amides is 3. The summed E-state index contributed by atoms with van der Waals surface area (Å²) < 4.78 is 7.70. The number of benzene rings is 4. The molecule has 6 aromatic rings. The largest absolute Gasteiger partial charge is 0.444 e. The lowest BCUT2D eigenvalue weighted by atomic mass is 9.98. The molecule has 0 spiro atoms. The number of fused-ring (bicyclic) bond motifs is 4. The van der Waals surface area contributed by atoms with Crippen LogP contribution in [0.3, 0.4) is 0 Å². The number of carbonyl (C=O) groups excluding carboxylic acids is 3. The summed E-state index contributed by atoms with van der Waals surface area (Å²) in [6.45, 7) is 13.2. The lowest BCUT2D eigenvalue weighted by molar-refractivity contribution is 0.0204. The van der Waals surface area contributed by atoms with E-state index < -0.39 is 5.60 Å². The normalized spacial score (nSPS) is 19.0. The fourth-order valence-corrected chi connectivity index (χ4v) is 12.1. The molecule has 10 rings (SSSR count). The van der Waals surface area contributed by atoms with E-state index in [1.54, 1.807) is 27.6 Å². The summed E-state index contributed by atoms with van der Waals surface area (Å²) in [5.74, 6) is 0.851. The summed E-state index contributed by atoms with van der Waals surface area (Å²) in [4.78, 5) is 50.2. The van der Waals surface area contributed by atoms with Crippen molar-refractivity contribution in [2.24, 2.45) is 0 Å². The van der Waals surface area contributed by atoms with E-state index in [1.807, 2.05) is 58.0 Å². The minimum Gasteiger partial charge on any atom is -0.444 e. The third-order valence-electron chi connectivity index (χ3n) is 13.0. The summed E-state index contributed by atoms with van der Waals surface area (Å²) in [6.07, 6.45) is 7.75. The quantitative estimate of drug-likeness (QED) is 0.152. The summed E-state index contributed by atoms with van der Waals surface area (Å²) in [6, 6.07) is 24.9. The Hall–Kier alpha value is -5.17. The maximum atomic E-state index is 13.1. The Morgan fingerprint density at radius 3 is 1.60 bits per heavy atom. The zero-order valence-corrected chi connectivity index (χ0v) is 38.6. The number of likely N-dealkylation sites (tertiary alicyclic amines) is 1. The highest BCUT2D eigenvalue weighted by atomic mass is 32.1. The minimum absolute atomic E-state index is 0.0171. The van der Waals surface area contributed by atoms with Crippen LogP contribution in [-0.2, 0) is 17.6 Å². The standard InChI is InChI=1S/C28H33N3O3S.C23H25N3OS/c1-17-15-20(25(32)29-22-10-9-18-7-5-6-8-21(18)22)16-23-24(17)30-26(35-23)19-11-13-31(14-12-19)27(33)34-28(2,3)4;1-14-12-17(22(27)25-19-7-6-15-4-2-3-5-18(15)19)13-20-21(14)26-23(28-20)16-8-10-24-11-9-16/h5-8,15-16,19,22H,9-14H2,1-4H3,(H,29,32);2-5,12-13,16,19,24H,6-11H2,1H3,(H,25,27)/t22-;19-/m00/s1. The lowest BCUT2D eigenvalue weighted by Crippen LogP contribution is -2.41. The van der Waals surface area contributed by atoms with E-state index in [-0.39, 0.29) is 30.0 Å². The predicted molar refractivity (Wildman–Crippen MR) is 253 cm³/mol. The molecule has 0 saturated carbocycles. The van der Waals surface area contributed by atoms with Gasteiger partial charge in [0, 0.05) is 36.1 Å². The first-order valence-electron chi connectivity index (χ1n) is 22.6. The Kier molecular flexibility index (Phi) is 12.4. The first-order valence-corrected chi connectivity index (χ1v) is 24.3. The average Bonchev–Trinajstić information content (AvgIpc) is 4.10. The number of ether oxygens (including phenoxy) is 1. The van der Waals surface area contributed by atoms with Crippen LogP contribution in [0.2, 0.25) is 0 Å². The number of aryl methyl sites for hydroxylation is 4. The van der Waals surface area contributed by atoms with Gasteiger partial charge in [0.1, 0.15) is 5.60 Å². The third-order valence-corrected chi connectivity index (χ3v) is 15.3. The molecule has 12 heteroatoms. The average molecular weight is 883 g/mol. The summed E-state index contributed by atoms with van der Waals surface area (Å²) in [5.41, 5.74) is 10.3. The smallest absolute Gasteiger partial charge is 0.410 e. The van der Waals surface area contributed by atoms with Crippen LogP contribution >= 0.6 is 22.7 Å². The zero-order chi connectivity index (χ0) is 43.8. The summed E-state index contributed by atoms with van der Waals surface area (Å²) in [7, 11) is 0. The van der Waals surface area contributed by atoms with Crippen LogP contribution < -0.4 is 16.0 Å². The molecule has 328 valence electrons. The van der Waals surface area contributed by atoms with Crippen molar-refractivity contribution in [1.29, 1.82) is 0 Å². The molecule has 0 unspecified atom stereocenters. The van der Waals surface area contributed by atoms with E-state index in [1.165, 1.54) is 27.3 Å². The molecular weight excluding hydrogens is 825 g/mol. The summed E-state index contributed by atoms with van der Waals surface area (Å²) >= 11 is 3.44. The first kappa shape index (κ1) is 43.1. The highest BCUT2D eigenvalue weighted by Gasteiger charge is 2.30. The van der Waals surface area contributed by atoms with Crippen LogP contribution in [-0.4, -0.2) is 64.6 Å². The molecule has 2 saturated heterocycles. The molecule has 2 aliphatic heterocycles. The SMILES string of the molecule is Cc1cc(C(=O)N[C@H]2CCc3ccccc32)cc2sc(C3CCN(C(=O)OC(C)(C)C)CC3)nc12.Cc1cc(C(=O)N[C@H]2CCc3ccccc32)cc2sc(C3CCNCC3)nc12. The molecule has 2 aromatic heterocycles. The number of nitrogens with one attached hydrogen (secondary N) is 3. The van der Waals surface area contributed by atoms with Crippen molar-refractivity contribution in [3.05, 3.63) is 127 Å². The van der Waals surface area contributed by atoms with Gasteiger partial charge < -0.3 is 25.6 Å². The van der Waals surface area contributed by atoms with Gasteiger partial charge in [-0.3, -0.25) is 9.59 Å². The van der Waals surface area contributed by atoms with Crippen molar-refractivity contribution in [1.82, 2.24) is 30.8 Å². The Morgan fingerprint density at radius 1 is 0.667 bits per heavy atom. The Labute approximate surface area is 378 Å². The van der Waals surface area contributed by atoms with E-state index in [9.17, 15) is 14.4 Å². The van der Waals surface area contributed by atoms with Gasteiger partial charge in [-0.25, -0.2) is 14.8 Å². The molecule has 10 nitrogen and oxygen atoms in total. The van der Waals surface area contributed by atoms with Crippen LogP contribution in [0.5, 0.6) is 0 Å². The summed E-state index contributed by atoms with van der Waals surface area (Å²) in [5, 5.41) is 12.2. The molecule has 0 bridgehead atoms. The van der Waals surface area contributed by atoms with Crippen LogP contribution in [0.1, 0.15) is 147 Å². The maximum Gasteiger partial charge on any atom is 0.410 e. The molecule has 0 radical (unpaired) electrons. The molecule has 63 heavy (non-hydrogen) atoms. The zero-order valence-electron chi connectivity index (χ0n) is 37.0. The number of hydrogen-bond donors (Lipinski definition) is 3. The monoisotopic (exact) mass is 882 g/mol. The van der Waals surface area contributed by atoms with E-state index in [2.05, 4.69) is 65.3 Å². The molecule has 3 N–H and O–H groups in total. The lowest BCUT2D eigenvalue weighted by Gasteiger charge is -2.32. The van der Waals surface area contributed by atoms with E-state index >= 15 is 0 Å². The van der Waals surface area contributed by atoms with Crippen molar-refractivity contribution in [2.45, 2.75) is 116 Å². The Balaban J connectivity index is 0.000000164. The second-order valence-electron chi connectivity index (χ2n) is 18.7. The highest BCUT2D eigenvalue weighted by molar-refractivity contribution is 7.19. The maximum absolute atomic E-state index is 13.1. The molecule has 2 fully saturated rings. The van der Waals surface area contributed by atoms with Gasteiger partial charge >= 0.3 is 6.09 Å². The second kappa shape index (κ2) is 18.1. The van der Waals surface area contributed by atoms with Crippen LogP contribution in [0.25, 0.3) is 20.4 Å². The van der Waals surface area contributed by atoms with Crippen LogP contribution in [0.4, 0.5) is 4.79 Å². The van der Waals surface area contributed by atoms with Crippen molar-refractivity contribution in [2.75, 3.05) is 26.2 Å². The van der Waals surface area contributed by atoms with Crippen molar-refractivity contribution >= 4 is 61.0 Å². The minimum atomic E-state index is -0.483. The van der Waals surface area contributed by atoms with Gasteiger partial charge in [-0.15, -0.1) is 22.7 Å². The second-order valence-corrected chi connectivity index (χ2v) is 20.8. The van der Waals surface area contributed by atoms with Crippen LogP contribution in [0, 0.1) is 13.8 Å². The molecule has 2 atom stereocenters. The first-order chi connectivity index (χ1) is 30.4. The van der Waals surface area contributed by atoms with E-state index in [0.29, 0.717) is 30.5 Å². The molecule has 4 aliphatic rings. The van der Waals surface area contributed by atoms with Gasteiger partial charge in [0.05, 0.1) is 42.5 Å². The van der Waals surface area contributed by atoms with Crippen molar-refractivity contribution in [3.63, 3.8) is 0 Å². The number of rotatable bonds is 6. The van der Waals surface area contributed by atoms with Gasteiger partial charge in [-0.1, -0.05) is 48.5 Å². The van der Waals surface area contributed by atoms with E-state index in [0.717, 1.165) is 107 Å². The number of carbonyl (C=O) groups is 3. The van der Waals surface area contributed by atoms with Crippen LogP contribution in [0.15, 0.2) is 72.8 Å². The number of nitrogens with zero attached hydrogens (tertiary/aromatic N) is 3. The Morgan fingerprint density at radius 2 is 1.13 bits per heavy atom. The fourth-order valence-electron chi connectivity index (χ4n) is 9.64. The molecule has 2 aliphatic carbocycles. The third kappa shape index (κ3) is 9.54. The van der Waals surface area contributed by atoms with Gasteiger partial charge in [0.15, 0.2) is 0 Å². The number of piperidine rings is 2. The Bertz CT molecular complexity index is 2670. The molecular formula is C51H58N6O4S2. The predicted octanol–water partition coefficient (Wildman–Crippen LogP) is 10.6. The van der Waals surface area contributed by atoms with Gasteiger partial charge in [-0.2, -0.15) is 0 Å². The highest BCUT2D eigenvalue weighted by Crippen LogP contribution is 2.38. The molecule has 3 amide bonds. The number of hydrogen-bond acceptors (Lipinski definition) is 9. The van der Waals surface area contributed by atoms with Gasteiger partial charge in [0.25, 0.3) is 11.8 Å². The number of thiazole rings is 2. The van der Waals surface area contributed by atoms with Crippen molar-refractivity contribution < 1.29 is 19.1 Å². The topological polar surface area (TPSA) is 126 Å². The van der Waals surface area contributed by atoms with Gasteiger partial charge in [0.2, 0.25) is 0 Å². The molecule has 4 aromatic carbocycles. The number of aromatic nitrogens is 2.